The van der Waals surface area contributed by atoms with Crippen molar-refractivity contribution in [2.75, 3.05) is 0 Å². The molecule has 0 saturated heterocycles. The fraction of sp³-hybridized carbons (Fsp3) is 0.353. The number of H-pyrrole nitrogens is 1. The number of aromatic amines is 1. The number of fused-ring (bicyclic) bond motifs is 1. The summed E-state index contributed by atoms with van der Waals surface area (Å²) in [6.07, 6.45) is 4.36. The molecule has 0 amide bonds. The molecule has 0 radical (unpaired) electrons. The Morgan fingerprint density at radius 2 is 2.19 bits per heavy atom. The molecular formula is C17H21N3S. The van der Waals surface area contributed by atoms with E-state index in [-0.39, 0.29) is 0 Å². The van der Waals surface area contributed by atoms with Crippen molar-refractivity contribution in [3.63, 3.8) is 0 Å². The Labute approximate surface area is 129 Å². The van der Waals surface area contributed by atoms with Gasteiger partial charge in [0.05, 0.1) is 10.7 Å². The van der Waals surface area contributed by atoms with Gasteiger partial charge in [-0.05, 0) is 38.3 Å². The number of nitrogens with zero attached hydrogens (tertiary/aromatic N) is 1. The second-order valence-electron chi connectivity index (χ2n) is 5.54. The van der Waals surface area contributed by atoms with Gasteiger partial charge in [-0.2, -0.15) is 0 Å². The Hall–Kier alpha value is -1.65. The van der Waals surface area contributed by atoms with Gasteiger partial charge in [0, 0.05) is 35.1 Å². The highest BCUT2D eigenvalue weighted by atomic mass is 32.1. The molecule has 2 heterocycles. The molecule has 0 bridgehead atoms. The van der Waals surface area contributed by atoms with Crippen molar-refractivity contribution in [1.82, 2.24) is 15.3 Å². The van der Waals surface area contributed by atoms with Crippen LogP contribution in [0.5, 0.6) is 0 Å². The van der Waals surface area contributed by atoms with Crippen LogP contribution < -0.4 is 5.32 Å². The molecule has 0 spiro atoms. The van der Waals surface area contributed by atoms with Gasteiger partial charge in [0.25, 0.3) is 0 Å². The van der Waals surface area contributed by atoms with Gasteiger partial charge in [0.15, 0.2) is 0 Å². The molecule has 3 rings (SSSR count). The molecular weight excluding hydrogens is 278 g/mol. The summed E-state index contributed by atoms with van der Waals surface area (Å²) in [5.74, 6) is 0. The second-order valence-corrected chi connectivity index (χ2v) is 6.60. The maximum atomic E-state index is 4.48. The van der Waals surface area contributed by atoms with Gasteiger partial charge in [0.2, 0.25) is 0 Å². The van der Waals surface area contributed by atoms with Crippen LogP contribution in [-0.2, 0) is 13.0 Å². The molecule has 3 aromatic rings. The second kappa shape index (κ2) is 6.41. The molecule has 0 fully saturated rings. The first kappa shape index (κ1) is 14.3. The number of benzene rings is 1. The number of rotatable bonds is 6. The molecule has 3 nitrogen and oxygen atoms in total. The molecule has 110 valence electrons. The van der Waals surface area contributed by atoms with Crippen molar-refractivity contribution in [3.05, 3.63) is 52.1 Å². The lowest BCUT2D eigenvalue weighted by Crippen LogP contribution is -2.26. The molecule has 4 heteroatoms. The largest absolute Gasteiger partial charge is 0.361 e. The third-order valence-corrected chi connectivity index (χ3v) is 4.64. The monoisotopic (exact) mass is 299 g/mol. The summed E-state index contributed by atoms with van der Waals surface area (Å²) in [7, 11) is 0. The van der Waals surface area contributed by atoms with Gasteiger partial charge < -0.3 is 10.3 Å². The summed E-state index contributed by atoms with van der Waals surface area (Å²) >= 11 is 1.71. The maximum absolute atomic E-state index is 4.48. The lowest BCUT2D eigenvalue weighted by Gasteiger charge is -2.12. The highest BCUT2D eigenvalue weighted by molar-refractivity contribution is 7.09. The molecule has 1 atom stereocenters. The van der Waals surface area contributed by atoms with Crippen molar-refractivity contribution in [2.45, 2.75) is 39.3 Å². The van der Waals surface area contributed by atoms with Crippen LogP contribution in [-0.4, -0.2) is 16.0 Å². The van der Waals surface area contributed by atoms with Crippen molar-refractivity contribution in [2.24, 2.45) is 0 Å². The van der Waals surface area contributed by atoms with Crippen LogP contribution in [0.1, 0.15) is 29.6 Å². The average molecular weight is 299 g/mol. The minimum absolute atomic E-state index is 0.487. The number of aryl methyl sites for hydroxylation is 2. The summed E-state index contributed by atoms with van der Waals surface area (Å²) in [6.45, 7) is 5.15. The predicted molar refractivity (Wildman–Crippen MR) is 89.8 cm³/mol. The van der Waals surface area contributed by atoms with E-state index in [9.17, 15) is 0 Å². The highest BCUT2D eigenvalue weighted by Gasteiger charge is 2.07. The van der Waals surface area contributed by atoms with Crippen LogP contribution in [0.25, 0.3) is 10.9 Å². The molecule has 21 heavy (non-hydrogen) atoms. The van der Waals surface area contributed by atoms with E-state index >= 15 is 0 Å². The van der Waals surface area contributed by atoms with E-state index in [1.165, 1.54) is 16.5 Å². The fourth-order valence-electron chi connectivity index (χ4n) is 2.58. The van der Waals surface area contributed by atoms with E-state index in [4.69, 9.17) is 0 Å². The molecule has 2 N–H and O–H groups in total. The Kier molecular flexibility index (Phi) is 4.36. The molecule has 1 aromatic carbocycles. The van der Waals surface area contributed by atoms with Crippen LogP contribution >= 0.6 is 11.3 Å². The first-order valence-electron chi connectivity index (χ1n) is 7.42. The first-order chi connectivity index (χ1) is 10.2. The van der Waals surface area contributed by atoms with E-state index in [0.717, 1.165) is 30.1 Å². The average Bonchev–Trinajstić information content (AvgIpc) is 3.09. The fourth-order valence-corrected chi connectivity index (χ4v) is 3.19. The third kappa shape index (κ3) is 3.52. The van der Waals surface area contributed by atoms with Gasteiger partial charge in [-0.25, -0.2) is 4.98 Å². The lowest BCUT2D eigenvalue weighted by molar-refractivity contribution is 0.511. The van der Waals surface area contributed by atoms with Crippen molar-refractivity contribution in [1.29, 1.82) is 0 Å². The maximum Gasteiger partial charge on any atom is 0.0897 e. The van der Waals surface area contributed by atoms with E-state index < -0.39 is 0 Å². The van der Waals surface area contributed by atoms with Crippen LogP contribution in [0.2, 0.25) is 0 Å². The normalized spacial score (nSPS) is 12.9. The van der Waals surface area contributed by atoms with E-state index in [1.54, 1.807) is 11.3 Å². The predicted octanol–water partition coefficient (Wildman–Crippen LogP) is 4.04. The number of hydrogen-bond acceptors (Lipinski definition) is 3. The van der Waals surface area contributed by atoms with Crippen LogP contribution in [0.4, 0.5) is 0 Å². The molecule has 0 unspecified atom stereocenters. The summed E-state index contributed by atoms with van der Waals surface area (Å²) in [5, 5.41) is 8.17. The van der Waals surface area contributed by atoms with Gasteiger partial charge in [-0.3, -0.25) is 0 Å². The Morgan fingerprint density at radius 3 is 3.00 bits per heavy atom. The highest BCUT2D eigenvalue weighted by Crippen LogP contribution is 2.19. The first-order valence-corrected chi connectivity index (χ1v) is 8.30. The number of hydrogen-bond donors (Lipinski definition) is 2. The van der Waals surface area contributed by atoms with E-state index in [0.29, 0.717) is 6.04 Å². The number of nitrogens with one attached hydrogen (secondary N) is 2. The van der Waals surface area contributed by atoms with Crippen molar-refractivity contribution >= 4 is 22.2 Å². The van der Waals surface area contributed by atoms with Crippen LogP contribution in [0.15, 0.2) is 35.8 Å². The number of para-hydroxylation sites is 1. The Balaban J connectivity index is 1.52. The quantitative estimate of drug-likeness (QED) is 0.721. The van der Waals surface area contributed by atoms with Crippen molar-refractivity contribution in [3.8, 4) is 0 Å². The lowest BCUT2D eigenvalue weighted by atomic mass is 10.1. The third-order valence-electron chi connectivity index (χ3n) is 3.82. The zero-order chi connectivity index (χ0) is 14.7. The summed E-state index contributed by atoms with van der Waals surface area (Å²) in [5.41, 5.74) is 3.78. The zero-order valence-electron chi connectivity index (χ0n) is 12.5. The van der Waals surface area contributed by atoms with Crippen LogP contribution in [0, 0.1) is 6.92 Å². The van der Waals surface area contributed by atoms with Crippen molar-refractivity contribution < 1.29 is 0 Å². The summed E-state index contributed by atoms with van der Waals surface area (Å²) in [6, 6.07) is 8.98. The van der Waals surface area contributed by atoms with E-state index in [2.05, 4.69) is 65.0 Å². The minimum Gasteiger partial charge on any atom is -0.361 e. The summed E-state index contributed by atoms with van der Waals surface area (Å²) in [4.78, 5) is 7.83. The van der Waals surface area contributed by atoms with Gasteiger partial charge in [-0.1, -0.05) is 18.2 Å². The number of aromatic nitrogens is 2. The molecule has 2 aromatic heterocycles. The Bertz CT molecular complexity index is 713. The van der Waals surface area contributed by atoms with Gasteiger partial charge in [-0.15, -0.1) is 11.3 Å². The van der Waals surface area contributed by atoms with Gasteiger partial charge >= 0.3 is 0 Å². The molecule has 0 aliphatic heterocycles. The van der Waals surface area contributed by atoms with Gasteiger partial charge in [0.1, 0.15) is 0 Å². The smallest absolute Gasteiger partial charge is 0.0897 e. The molecule has 0 saturated carbocycles. The molecule has 0 aliphatic rings. The SMILES string of the molecule is Cc1nc(CN[C@@H](C)CCc2c[nH]c3ccccc23)cs1. The topological polar surface area (TPSA) is 40.7 Å². The van der Waals surface area contributed by atoms with Crippen LogP contribution in [0.3, 0.4) is 0 Å². The van der Waals surface area contributed by atoms with E-state index in [1.807, 2.05) is 0 Å². The minimum atomic E-state index is 0.487. The molecule has 0 aliphatic carbocycles. The zero-order valence-corrected chi connectivity index (χ0v) is 13.3. The summed E-state index contributed by atoms with van der Waals surface area (Å²) < 4.78 is 0. The Morgan fingerprint density at radius 1 is 1.33 bits per heavy atom. The number of thiazole rings is 1. The standard InChI is InChI=1S/C17H21N3S/c1-12(18-10-15-11-21-13(2)20-15)7-8-14-9-19-17-6-4-3-5-16(14)17/h3-6,9,11-12,18-19H,7-8,10H2,1-2H3/t12-/m0/s1.